The van der Waals surface area contributed by atoms with Crippen LogP contribution in [0.3, 0.4) is 0 Å². The van der Waals surface area contributed by atoms with Gasteiger partial charge in [0.1, 0.15) is 6.04 Å². The molecule has 2 aliphatic heterocycles. The summed E-state index contributed by atoms with van der Waals surface area (Å²) >= 11 is 0. The molecule has 0 amide bonds. The Kier molecular flexibility index (Phi) is 3.13. The number of esters is 1. The van der Waals surface area contributed by atoms with Crippen LogP contribution < -0.4 is 0 Å². The van der Waals surface area contributed by atoms with Crippen molar-refractivity contribution in [2.45, 2.75) is 64.5 Å². The predicted molar refractivity (Wildman–Crippen MR) is 70.2 cm³/mol. The predicted octanol–water partition coefficient (Wildman–Crippen LogP) is 2.59. The summed E-state index contributed by atoms with van der Waals surface area (Å²) in [6, 6.07) is 0.733. The van der Waals surface area contributed by atoms with Crippen LogP contribution in [0.2, 0.25) is 0 Å². The highest BCUT2D eigenvalue weighted by Crippen LogP contribution is 2.56. The van der Waals surface area contributed by atoms with Crippen molar-refractivity contribution < 1.29 is 9.53 Å². The van der Waals surface area contributed by atoms with E-state index in [-0.39, 0.29) is 12.0 Å². The van der Waals surface area contributed by atoms with Gasteiger partial charge >= 0.3 is 5.97 Å². The Morgan fingerprint density at radius 1 is 1.39 bits per heavy atom. The molecule has 1 saturated carbocycles. The number of rotatable bonds is 3. The van der Waals surface area contributed by atoms with E-state index >= 15 is 0 Å². The van der Waals surface area contributed by atoms with E-state index in [2.05, 4.69) is 11.8 Å². The molecule has 18 heavy (non-hydrogen) atoms. The highest BCUT2D eigenvalue weighted by Gasteiger charge is 2.58. The molecule has 3 heteroatoms. The number of nitrogens with zero attached hydrogens (tertiary/aromatic N) is 1. The van der Waals surface area contributed by atoms with Gasteiger partial charge in [0, 0.05) is 6.04 Å². The quantitative estimate of drug-likeness (QED) is 0.722. The molecule has 0 spiro atoms. The number of carbonyl (C=O) groups excluding carboxylic acids is 1. The number of hydrogen-bond acceptors (Lipinski definition) is 3. The van der Waals surface area contributed by atoms with E-state index in [1.165, 1.54) is 32.1 Å². The van der Waals surface area contributed by atoms with Crippen LogP contribution in [-0.4, -0.2) is 36.1 Å². The average molecular weight is 251 g/mol. The van der Waals surface area contributed by atoms with E-state index < -0.39 is 0 Å². The zero-order valence-corrected chi connectivity index (χ0v) is 11.7. The van der Waals surface area contributed by atoms with Crippen molar-refractivity contribution in [1.29, 1.82) is 0 Å². The standard InChI is InChI=1S/C15H25NO2/c1-3-15-7-5-6-11-10-12(14(17)18-4-2)16(9-8-15)13(11)15/h11-13H,3-10H2,1-2H3/t11-,12+,13+,15+/m1/s1. The van der Waals surface area contributed by atoms with Gasteiger partial charge in [-0.25, -0.2) is 0 Å². The first-order valence-electron chi connectivity index (χ1n) is 7.64. The maximum atomic E-state index is 12.1. The first-order valence-corrected chi connectivity index (χ1v) is 7.64. The van der Waals surface area contributed by atoms with E-state index in [4.69, 9.17) is 4.74 Å². The second-order valence-electron chi connectivity index (χ2n) is 6.30. The molecule has 2 saturated heterocycles. The van der Waals surface area contributed by atoms with Crippen LogP contribution in [-0.2, 0) is 9.53 Å². The van der Waals surface area contributed by atoms with E-state index in [9.17, 15) is 4.79 Å². The summed E-state index contributed by atoms with van der Waals surface area (Å²) in [5.41, 5.74) is 0.518. The smallest absolute Gasteiger partial charge is 0.323 e. The van der Waals surface area contributed by atoms with Crippen molar-refractivity contribution >= 4 is 5.97 Å². The molecule has 2 heterocycles. The molecule has 4 atom stereocenters. The molecule has 3 fully saturated rings. The maximum absolute atomic E-state index is 12.1. The molecule has 0 radical (unpaired) electrons. The lowest BCUT2D eigenvalue weighted by molar-refractivity contribution is -0.148. The van der Waals surface area contributed by atoms with Gasteiger partial charge in [0.05, 0.1) is 6.61 Å². The van der Waals surface area contributed by atoms with Crippen LogP contribution in [0.1, 0.15) is 52.4 Å². The third-order valence-corrected chi connectivity index (χ3v) is 5.74. The minimum absolute atomic E-state index is 0.0267. The van der Waals surface area contributed by atoms with Crippen LogP contribution in [0.5, 0.6) is 0 Å². The number of ether oxygens (including phenoxy) is 1. The van der Waals surface area contributed by atoms with Crippen LogP contribution in [0.15, 0.2) is 0 Å². The van der Waals surface area contributed by atoms with Gasteiger partial charge in [-0.1, -0.05) is 13.3 Å². The van der Waals surface area contributed by atoms with Crippen molar-refractivity contribution in [2.24, 2.45) is 11.3 Å². The number of hydrogen-bond donors (Lipinski definition) is 0. The van der Waals surface area contributed by atoms with E-state index in [1.807, 2.05) is 6.92 Å². The van der Waals surface area contributed by atoms with Crippen molar-refractivity contribution in [3.05, 3.63) is 0 Å². The molecular formula is C15H25NO2. The Morgan fingerprint density at radius 2 is 2.22 bits per heavy atom. The zero-order valence-electron chi connectivity index (χ0n) is 11.7. The second-order valence-corrected chi connectivity index (χ2v) is 6.30. The summed E-state index contributed by atoms with van der Waals surface area (Å²) in [4.78, 5) is 14.6. The van der Waals surface area contributed by atoms with E-state index in [0.717, 1.165) is 18.9 Å². The molecular weight excluding hydrogens is 226 g/mol. The van der Waals surface area contributed by atoms with Gasteiger partial charge in [-0.05, 0) is 56.9 Å². The fourth-order valence-corrected chi connectivity index (χ4v) is 4.96. The third-order valence-electron chi connectivity index (χ3n) is 5.74. The summed E-state index contributed by atoms with van der Waals surface area (Å²) in [6.45, 7) is 5.86. The minimum Gasteiger partial charge on any atom is -0.465 e. The molecule has 0 aromatic rings. The first-order chi connectivity index (χ1) is 8.72. The molecule has 3 aliphatic rings. The summed E-state index contributed by atoms with van der Waals surface area (Å²) in [7, 11) is 0. The SMILES string of the molecule is CCOC(=O)[C@@H]1C[C@H]2CCC[C@@]3(CC)CCN1[C@@H]23. The van der Waals surface area contributed by atoms with Crippen molar-refractivity contribution in [1.82, 2.24) is 4.90 Å². The van der Waals surface area contributed by atoms with Crippen LogP contribution in [0.4, 0.5) is 0 Å². The monoisotopic (exact) mass is 251 g/mol. The van der Waals surface area contributed by atoms with Crippen molar-refractivity contribution in [3.8, 4) is 0 Å². The van der Waals surface area contributed by atoms with Crippen LogP contribution >= 0.6 is 0 Å². The topological polar surface area (TPSA) is 29.5 Å². The largest absolute Gasteiger partial charge is 0.465 e. The molecule has 0 aromatic heterocycles. The highest BCUT2D eigenvalue weighted by molar-refractivity contribution is 5.76. The fourth-order valence-electron chi connectivity index (χ4n) is 4.96. The molecule has 3 rings (SSSR count). The third kappa shape index (κ3) is 1.63. The Morgan fingerprint density at radius 3 is 2.94 bits per heavy atom. The lowest BCUT2D eigenvalue weighted by atomic mass is 9.65. The zero-order chi connectivity index (χ0) is 12.8. The Hall–Kier alpha value is -0.570. The van der Waals surface area contributed by atoms with E-state index in [0.29, 0.717) is 18.1 Å². The van der Waals surface area contributed by atoms with Crippen LogP contribution in [0, 0.1) is 11.3 Å². The maximum Gasteiger partial charge on any atom is 0.323 e. The lowest BCUT2D eigenvalue weighted by Crippen LogP contribution is -2.45. The van der Waals surface area contributed by atoms with Crippen molar-refractivity contribution in [2.75, 3.05) is 13.2 Å². The van der Waals surface area contributed by atoms with E-state index in [1.54, 1.807) is 0 Å². The molecule has 1 aliphatic carbocycles. The fraction of sp³-hybridized carbons (Fsp3) is 0.933. The van der Waals surface area contributed by atoms with Gasteiger partial charge in [0.15, 0.2) is 0 Å². The summed E-state index contributed by atoms with van der Waals surface area (Å²) < 4.78 is 5.27. The van der Waals surface area contributed by atoms with Gasteiger partial charge in [-0.2, -0.15) is 0 Å². The van der Waals surface area contributed by atoms with Crippen LogP contribution in [0.25, 0.3) is 0 Å². The van der Waals surface area contributed by atoms with Gasteiger partial charge in [0.2, 0.25) is 0 Å². The summed E-state index contributed by atoms with van der Waals surface area (Å²) in [6.07, 6.45) is 7.67. The minimum atomic E-state index is 0.0267. The molecule has 3 nitrogen and oxygen atoms in total. The molecule has 102 valence electrons. The molecule has 0 N–H and O–H groups in total. The van der Waals surface area contributed by atoms with Gasteiger partial charge < -0.3 is 4.74 Å². The number of carbonyl (C=O) groups is 1. The summed E-state index contributed by atoms with van der Waals surface area (Å²) in [5, 5.41) is 0. The molecule has 0 unspecified atom stereocenters. The van der Waals surface area contributed by atoms with Gasteiger partial charge in [-0.15, -0.1) is 0 Å². The Bertz CT molecular complexity index is 343. The van der Waals surface area contributed by atoms with Gasteiger partial charge in [-0.3, -0.25) is 9.69 Å². The highest BCUT2D eigenvalue weighted by atomic mass is 16.5. The Balaban J connectivity index is 1.83. The van der Waals surface area contributed by atoms with Crippen molar-refractivity contribution in [3.63, 3.8) is 0 Å². The normalized spacial score (nSPS) is 42.9. The van der Waals surface area contributed by atoms with Gasteiger partial charge in [0.25, 0.3) is 0 Å². The first kappa shape index (κ1) is 12.5. The second kappa shape index (κ2) is 4.52. The molecule has 0 bridgehead atoms. The Labute approximate surface area is 110 Å². The molecule has 0 aromatic carbocycles. The average Bonchev–Trinajstić information content (AvgIpc) is 2.94. The lowest BCUT2D eigenvalue weighted by Gasteiger charge is -2.42. The summed E-state index contributed by atoms with van der Waals surface area (Å²) in [5.74, 6) is 0.773.